The molecule has 27 heavy (non-hydrogen) atoms. The van der Waals surface area contributed by atoms with E-state index in [9.17, 15) is 9.59 Å². The number of nitrogens with one attached hydrogen (secondary N) is 2. The summed E-state index contributed by atoms with van der Waals surface area (Å²) in [7, 11) is 0. The number of anilines is 1. The first-order valence-electron chi connectivity index (χ1n) is 8.96. The summed E-state index contributed by atoms with van der Waals surface area (Å²) in [6.45, 7) is 4.19. The lowest BCUT2D eigenvalue weighted by molar-refractivity contribution is -0.115. The number of thiazole rings is 1. The average molecular weight is 421 g/mol. The predicted molar refractivity (Wildman–Crippen MR) is 112 cm³/mol. The van der Waals surface area contributed by atoms with Gasteiger partial charge in [0.2, 0.25) is 5.91 Å². The number of carbonyl (C=O) groups excluding carboxylic acids is 1. The molecule has 6 nitrogen and oxygen atoms in total. The zero-order valence-electron chi connectivity index (χ0n) is 15.1. The van der Waals surface area contributed by atoms with Gasteiger partial charge in [-0.25, -0.2) is 9.97 Å². The molecule has 1 amide bonds. The lowest BCUT2D eigenvalue weighted by Crippen LogP contribution is -2.25. The highest BCUT2D eigenvalue weighted by molar-refractivity contribution is 8.00. The number of aromatic nitrogens is 3. The minimum atomic E-state index is -0.343. The van der Waals surface area contributed by atoms with E-state index in [0.717, 1.165) is 29.5 Å². The third-order valence-electron chi connectivity index (χ3n) is 4.72. The molecule has 0 saturated carbocycles. The molecule has 0 aliphatic heterocycles. The van der Waals surface area contributed by atoms with Crippen molar-refractivity contribution in [1.29, 1.82) is 0 Å². The Labute approximate surface area is 168 Å². The number of thiophene rings is 1. The van der Waals surface area contributed by atoms with Gasteiger partial charge in [0.15, 0.2) is 10.3 Å². The van der Waals surface area contributed by atoms with E-state index in [4.69, 9.17) is 0 Å². The van der Waals surface area contributed by atoms with Gasteiger partial charge in [0.1, 0.15) is 4.83 Å². The number of hydrogen-bond donors (Lipinski definition) is 2. The molecular formula is C18H20N4O2S3. The molecule has 1 aliphatic carbocycles. The molecule has 2 unspecified atom stereocenters. The molecule has 0 spiro atoms. The highest BCUT2D eigenvalue weighted by atomic mass is 32.2. The second-order valence-electron chi connectivity index (χ2n) is 6.74. The fraction of sp³-hybridized carbons (Fsp3) is 0.444. The Bertz CT molecular complexity index is 1030. The van der Waals surface area contributed by atoms with Crippen molar-refractivity contribution in [3.05, 3.63) is 32.4 Å². The first-order chi connectivity index (χ1) is 13.0. The standard InChI is InChI=1S/C18H20N4O2S3/c1-3-11(14(23)20-17-19-6-7-25-17)27-18-21-15(24)13-10-5-4-9(2)8-12(10)26-16(13)22-18/h6-7,9,11H,3-5,8H2,1-2H3,(H,19,20,23)(H,21,22,24). The molecule has 1 aliphatic rings. The van der Waals surface area contributed by atoms with E-state index in [1.807, 2.05) is 12.3 Å². The summed E-state index contributed by atoms with van der Waals surface area (Å²) in [6.07, 6.45) is 5.36. The highest BCUT2D eigenvalue weighted by Gasteiger charge is 2.25. The van der Waals surface area contributed by atoms with Crippen molar-refractivity contribution >= 4 is 55.7 Å². The van der Waals surface area contributed by atoms with Crippen molar-refractivity contribution in [1.82, 2.24) is 15.0 Å². The summed E-state index contributed by atoms with van der Waals surface area (Å²) in [6, 6.07) is 0. The largest absolute Gasteiger partial charge is 0.301 e. The number of carbonyl (C=O) groups is 1. The van der Waals surface area contributed by atoms with Crippen molar-refractivity contribution < 1.29 is 4.79 Å². The van der Waals surface area contributed by atoms with Gasteiger partial charge in [-0.15, -0.1) is 22.7 Å². The van der Waals surface area contributed by atoms with Crippen LogP contribution in [0, 0.1) is 5.92 Å². The number of aromatic amines is 1. The Morgan fingerprint density at radius 3 is 3.11 bits per heavy atom. The van der Waals surface area contributed by atoms with E-state index in [2.05, 4.69) is 27.2 Å². The quantitative estimate of drug-likeness (QED) is 0.480. The molecule has 0 fully saturated rings. The van der Waals surface area contributed by atoms with Crippen LogP contribution in [0.5, 0.6) is 0 Å². The normalized spacial score (nSPS) is 17.6. The van der Waals surface area contributed by atoms with Crippen LogP contribution >= 0.6 is 34.4 Å². The fourth-order valence-electron chi connectivity index (χ4n) is 3.31. The number of rotatable bonds is 5. The van der Waals surface area contributed by atoms with Gasteiger partial charge in [-0.05, 0) is 37.2 Å². The summed E-state index contributed by atoms with van der Waals surface area (Å²) < 4.78 is 0. The summed E-state index contributed by atoms with van der Waals surface area (Å²) in [5.41, 5.74) is 1.08. The van der Waals surface area contributed by atoms with Crippen LogP contribution in [0.3, 0.4) is 0 Å². The SMILES string of the molecule is CCC(Sc1nc2sc3c(c2c(=O)[nH]1)CCC(C)C3)C(=O)Nc1nccs1. The van der Waals surface area contributed by atoms with Crippen molar-refractivity contribution in [2.75, 3.05) is 5.32 Å². The maximum atomic E-state index is 12.7. The van der Waals surface area contributed by atoms with Gasteiger partial charge < -0.3 is 10.3 Å². The molecule has 4 rings (SSSR count). The van der Waals surface area contributed by atoms with E-state index >= 15 is 0 Å². The van der Waals surface area contributed by atoms with Gasteiger partial charge in [-0.2, -0.15) is 0 Å². The van der Waals surface area contributed by atoms with Crippen molar-refractivity contribution in [3.8, 4) is 0 Å². The van der Waals surface area contributed by atoms with E-state index in [-0.39, 0.29) is 16.7 Å². The third kappa shape index (κ3) is 3.81. The minimum absolute atomic E-state index is 0.0928. The van der Waals surface area contributed by atoms with Crippen LogP contribution in [0.2, 0.25) is 0 Å². The molecule has 9 heteroatoms. The summed E-state index contributed by atoms with van der Waals surface area (Å²) in [5, 5.41) is 6.11. The number of nitrogens with zero attached hydrogens (tertiary/aromatic N) is 2. The highest BCUT2D eigenvalue weighted by Crippen LogP contribution is 2.36. The second-order valence-corrected chi connectivity index (χ2v) is 9.91. The van der Waals surface area contributed by atoms with Gasteiger partial charge >= 0.3 is 0 Å². The topological polar surface area (TPSA) is 87.7 Å². The lowest BCUT2D eigenvalue weighted by Gasteiger charge is -2.17. The molecule has 3 aromatic heterocycles. The summed E-state index contributed by atoms with van der Waals surface area (Å²) in [5.74, 6) is 0.525. The number of amides is 1. The van der Waals surface area contributed by atoms with Crippen molar-refractivity contribution in [3.63, 3.8) is 0 Å². The molecule has 3 heterocycles. The second kappa shape index (κ2) is 7.73. The Kier molecular flexibility index (Phi) is 5.34. The monoisotopic (exact) mass is 420 g/mol. The third-order valence-corrected chi connectivity index (χ3v) is 7.81. The van der Waals surface area contributed by atoms with Crippen molar-refractivity contribution in [2.24, 2.45) is 5.92 Å². The lowest BCUT2D eigenvalue weighted by atomic mass is 9.89. The first-order valence-corrected chi connectivity index (χ1v) is 11.5. The van der Waals surface area contributed by atoms with Crippen LogP contribution in [-0.2, 0) is 17.6 Å². The van der Waals surface area contributed by atoms with Gasteiger partial charge in [0, 0.05) is 16.5 Å². The molecule has 3 aromatic rings. The van der Waals surface area contributed by atoms with Crippen LogP contribution in [0.25, 0.3) is 10.2 Å². The number of hydrogen-bond acceptors (Lipinski definition) is 7. The van der Waals surface area contributed by atoms with Crippen LogP contribution in [-0.4, -0.2) is 26.1 Å². The van der Waals surface area contributed by atoms with E-state index in [0.29, 0.717) is 22.6 Å². The van der Waals surface area contributed by atoms with E-state index in [1.54, 1.807) is 17.5 Å². The van der Waals surface area contributed by atoms with Gasteiger partial charge in [0.05, 0.1) is 10.6 Å². The zero-order valence-corrected chi connectivity index (χ0v) is 17.5. The van der Waals surface area contributed by atoms with Crippen LogP contribution < -0.4 is 10.9 Å². The summed E-state index contributed by atoms with van der Waals surface area (Å²) in [4.78, 5) is 38.9. The summed E-state index contributed by atoms with van der Waals surface area (Å²) >= 11 is 4.31. The molecular weight excluding hydrogens is 400 g/mol. The van der Waals surface area contributed by atoms with E-state index < -0.39 is 0 Å². The smallest absolute Gasteiger partial charge is 0.260 e. The van der Waals surface area contributed by atoms with Gasteiger partial charge in [-0.3, -0.25) is 9.59 Å². The van der Waals surface area contributed by atoms with Crippen LogP contribution in [0.1, 0.15) is 37.1 Å². The molecule has 0 bridgehead atoms. The fourth-order valence-corrected chi connectivity index (χ4v) is 6.18. The Morgan fingerprint density at radius 1 is 1.52 bits per heavy atom. The molecule has 0 radical (unpaired) electrons. The Balaban J connectivity index is 1.59. The molecule has 142 valence electrons. The maximum absolute atomic E-state index is 12.7. The van der Waals surface area contributed by atoms with Crippen LogP contribution in [0.4, 0.5) is 5.13 Å². The number of fused-ring (bicyclic) bond motifs is 3. The first kappa shape index (κ1) is 18.6. The molecule has 2 atom stereocenters. The van der Waals surface area contributed by atoms with Gasteiger partial charge in [0.25, 0.3) is 5.56 Å². The molecule has 2 N–H and O–H groups in total. The number of thioether (sulfide) groups is 1. The maximum Gasteiger partial charge on any atom is 0.260 e. The minimum Gasteiger partial charge on any atom is -0.301 e. The number of H-pyrrole nitrogens is 1. The molecule has 0 saturated heterocycles. The number of aryl methyl sites for hydroxylation is 1. The van der Waals surface area contributed by atoms with E-state index in [1.165, 1.54) is 33.5 Å². The Hall–Kier alpha value is -1.71. The predicted octanol–water partition coefficient (Wildman–Crippen LogP) is 4.08. The van der Waals surface area contributed by atoms with Gasteiger partial charge in [-0.1, -0.05) is 25.6 Å². The Morgan fingerprint density at radius 2 is 2.37 bits per heavy atom. The zero-order chi connectivity index (χ0) is 19.0. The van der Waals surface area contributed by atoms with Crippen molar-refractivity contribution in [2.45, 2.75) is 49.9 Å². The van der Waals surface area contributed by atoms with Crippen LogP contribution in [0.15, 0.2) is 21.5 Å². The molecule has 0 aromatic carbocycles. The average Bonchev–Trinajstić information content (AvgIpc) is 3.26.